The van der Waals surface area contributed by atoms with Crippen LogP contribution in [0.4, 0.5) is 5.69 Å². The number of aromatic nitrogens is 1. The van der Waals surface area contributed by atoms with Crippen LogP contribution in [0.25, 0.3) is 26.9 Å². The van der Waals surface area contributed by atoms with E-state index in [1.807, 2.05) is 72.8 Å². The molecule has 4 nitrogen and oxygen atoms in total. The van der Waals surface area contributed by atoms with Crippen LogP contribution in [0.3, 0.4) is 0 Å². The number of amides is 1. The van der Waals surface area contributed by atoms with Crippen molar-refractivity contribution in [1.29, 1.82) is 0 Å². The summed E-state index contributed by atoms with van der Waals surface area (Å²) in [6.07, 6.45) is 4.99. The van der Waals surface area contributed by atoms with E-state index in [-0.39, 0.29) is 5.91 Å². The molecule has 0 atom stereocenters. The predicted molar refractivity (Wildman–Crippen MR) is 125 cm³/mol. The summed E-state index contributed by atoms with van der Waals surface area (Å²) in [5.74, 6) is 0.566. The molecule has 1 aromatic heterocycles. The Hall–Kier alpha value is -3.70. The Kier molecular flexibility index (Phi) is 6.01. The number of nitrogens with one attached hydrogen (secondary N) is 1. The number of carbonyl (C=O) groups is 1. The quantitative estimate of drug-likeness (QED) is 0.291. The number of benzene rings is 3. The van der Waals surface area contributed by atoms with Crippen molar-refractivity contribution in [2.24, 2.45) is 0 Å². The summed E-state index contributed by atoms with van der Waals surface area (Å²) >= 11 is 1.61. The van der Waals surface area contributed by atoms with Gasteiger partial charge in [-0.1, -0.05) is 49.1 Å². The van der Waals surface area contributed by atoms with Gasteiger partial charge in [-0.15, -0.1) is 11.3 Å². The maximum absolute atomic E-state index is 12.5. The summed E-state index contributed by atoms with van der Waals surface area (Å²) in [7, 11) is 0. The van der Waals surface area contributed by atoms with Gasteiger partial charge >= 0.3 is 0 Å². The minimum Gasteiger partial charge on any atom is -0.490 e. The minimum atomic E-state index is -0.199. The molecule has 3 aromatic carbocycles. The largest absolute Gasteiger partial charge is 0.490 e. The number of thiazole rings is 1. The summed E-state index contributed by atoms with van der Waals surface area (Å²) in [4.78, 5) is 17.2. The van der Waals surface area contributed by atoms with Gasteiger partial charge in [0.1, 0.15) is 17.4 Å². The molecule has 1 heterocycles. The van der Waals surface area contributed by atoms with Crippen molar-refractivity contribution < 1.29 is 9.53 Å². The maximum Gasteiger partial charge on any atom is 0.248 e. The average Bonchev–Trinajstić information content (AvgIpc) is 3.21. The van der Waals surface area contributed by atoms with E-state index in [9.17, 15) is 4.79 Å². The molecule has 1 amide bonds. The first kappa shape index (κ1) is 19.6. The van der Waals surface area contributed by atoms with Crippen molar-refractivity contribution in [3.05, 3.63) is 97.1 Å². The lowest BCUT2D eigenvalue weighted by atomic mass is 10.1. The smallest absolute Gasteiger partial charge is 0.248 e. The second kappa shape index (κ2) is 9.20. The highest BCUT2D eigenvalue weighted by Crippen LogP contribution is 2.34. The normalized spacial score (nSPS) is 10.9. The van der Waals surface area contributed by atoms with Crippen molar-refractivity contribution in [3.63, 3.8) is 0 Å². The predicted octanol–water partition coefficient (Wildman–Crippen LogP) is 6.18. The molecule has 0 aliphatic carbocycles. The van der Waals surface area contributed by atoms with Crippen LogP contribution in [-0.2, 0) is 4.79 Å². The number of nitrogens with zero attached hydrogens (tertiary/aromatic N) is 1. The summed E-state index contributed by atoms with van der Waals surface area (Å²) in [6, 6.07) is 23.3. The number of ether oxygens (including phenoxy) is 1. The molecule has 0 saturated heterocycles. The molecule has 30 heavy (non-hydrogen) atoms. The monoisotopic (exact) mass is 412 g/mol. The molecule has 0 aliphatic rings. The van der Waals surface area contributed by atoms with Gasteiger partial charge in [-0.3, -0.25) is 4.79 Å². The zero-order valence-corrected chi connectivity index (χ0v) is 17.1. The topological polar surface area (TPSA) is 51.2 Å². The number of anilines is 1. The highest BCUT2D eigenvalue weighted by atomic mass is 32.1. The van der Waals surface area contributed by atoms with Crippen molar-refractivity contribution in [3.8, 4) is 16.3 Å². The second-order valence-electron chi connectivity index (χ2n) is 6.52. The SMILES string of the molecule is C=CCOc1ccc(/C=C/C(=O)Nc2ccccc2-c2nc3ccccc3s2)cc1. The molecule has 0 fully saturated rings. The van der Waals surface area contributed by atoms with Gasteiger partial charge in [-0.25, -0.2) is 4.98 Å². The lowest BCUT2D eigenvalue weighted by Gasteiger charge is -2.07. The van der Waals surface area contributed by atoms with E-state index in [2.05, 4.69) is 11.9 Å². The standard InChI is InChI=1S/C25H20N2O2S/c1-2-17-29-19-14-11-18(12-15-19)13-16-24(28)26-21-8-4-3-7-20(21)25-27-22-9-5-6-10-23(22)30-25/h2-16H,1,17H2,(H,26,28)/b16-13+. The molecule has 148 valence electrons. The van der Waals surface area contributed by atoms with Crippen molar-refractivity contribution >= 4 is 39.2 Å². The van der Waals surface area contributed by atoms with Crippen molar-refractivity contribution in [2.75, 3.05) is 11.9 Å². The van der Waals surface area contributed by atoms with Gasteiger partial charge < -0.3 is 10.1 Å². The Morgan fingerprint density at radius 3 is 2.60 bits per heavy atom. The Bertz CT molecular complexity index is 1180. The molecule has 4 aromatic rings. The van der Waals surface area contributed by atoms with Crippen LogP contribution in [0.1, 0.15) is 5.56 Å². The highest BCUT2D eigenvalue weighted by molar-refractivity contribution is 7.21. The van der Waals surface area contributed by atoms with Crippen LogP contribution in [-0.4, -0.2) is 17.5 Å². The third-order valence-electron chi connectivity index (χ3n) is 4.38. The molecule has 5 heteroatoms. The number of rotatable bonds is 7. The van der Waals surface area contributed by atoms with Gasteiger partial charge in [0, 0.05) is 11.6 Å². The van der Waals surface area contributed by atoms with E-state index in [0.29, 0.717) is 6.61 Å². The lowest BCUT2D eigenvalue weighted by Crippen LogP contribution is -2.08. The number of fused-ring (bicyclic) bond motifs is 1. The van der Waals surface area contributed by atoms with E-state index in [4.69, 9.17) is 9.72 Å². The molecular formula is C25H20N2O2S. The minimum absolute atomic E-state index is 0.199. The third-order valence-corrected chi connectivity index (χ3v) is 5.45. The Labute approximate surface area is 179 Å². The summed E-state index contributed by atoms with van der Waals surface area (Å²) < 4.78 is 6.58. The van der Waals surface area contributed by atoms with Gasteiger partial charge in [0.2, 0.25) is 5.91 Å². The summed E-state index contributed by atoms with van der Waals surface area (Å²) in [5, 5.41) is 3.85. The molecule has 0 bridgehead atoms. The zero-order chi connectivity index (χ0) is 20.8. The van der Waals surface area contributed by atoms with E-state index >= 15 is 0 Å². The fourth-order valence-corrected chi connectivity index (χ4v) is 3.95. The van der Waals surface area contributed by atoms with Gasteiger partial charge in [0.15, 0.2) is 0 Å². The van der Waals surface area contributed by atoms with Gasteiger partial charge in [-0.05, 0) is 48.0 Å². The molecule has 0 aliphatic heterocycles. The first-order valence-corrected chi connectivity index (χ1v) is 10.3. The molecule has 1 N–H and O–H groups in total. The van der Waals surface area contributed by atoms with Crippen LogP contribution in [0.2, 0.25) is 0 Å². The van der Waals surface area contributed by atoms with Crippen molar-refractivity contribution in [1.82, 2.24) is 4.98 Å². The average molecular weight is 413 g/mol. The van der Waals surface area contributed by atoms with E-state index in [1.54, 1.807) is 23.5 Å². The molecule has 0 unspecified atom stereocenters. The first-order chi connectivity index (χ1) is 14.7. The van der Waals surface area contributed by atoms with E-state index in [0.717, 1.165) is 37.8 Å². The third kappa shape index (κ3) is 4.64. The molecule has 0 saturated carbocycles. The number of para-hydroxylation sites is 2. The molecule has 4 rings (SSSR count). The summed E-state index contributed by atoms with van der Waals surface area (Å²) in [6.45, 7) is 4.09. The summed E-state index contributed by atoms with van der Waals surface area (Å²) in [5.41, 5.74) is 3.51. The fraction of sp³-hybridized carbons (Fsp3) is 0.0400. The molecule has 0 radical (unpaired) electrons. The second-order valence-corrected chi connectivity index (χ2v) is 7.55. The number of carbonyl (C=O) groups excluding carboxylic acids is 1. The van der Waals surface area contributed by atoms with E-state index in [1.165, 1.54) is 6.08 Å². The van der Waals surface area contributed by atoms with Gasteiger partial charge in [0.25, 0.3) is 0 Å². The van der Waals surface area contributed by atoms with Crippen LogP contribution in [0, 0.1) is 0 Å². The van der Waals surface area contributed by atoms with Crippen LogP contribution in [0.5, 0.6) is 5.75 Å². The maximum atomic E-state index is 12.5. The molecular weight excluding hydrogens is 392 g/mol. The van der Waals surface area contributed by atoms with Crippen LogP contribution < -0.4 is 10.1 Å². The Morgan fingerprint density at radius 1 is 1.03 bits per heavy atom. The Morgan fingerprint density at radius 2 is 1.80 bits per heavy atom. The molecule has 0 spiro atoms. The zero-order valence-electron chi connectivity index (χ0n) is 16.2. The van der Waals surface area contributed by atoms with Crippen molar-refractivity contribution in [2.45, 2.75) is 0 Å². The first-order valence-electron chi connectivity index (χ1n) is 9.51. The highest BCUT2D eigenvalue weighted by Gasteiger charge is 2.11. The van der Waals surface area contributed by atoms with Gasteiger partial charge in [-0.2, -0.15) is 0 Å². The fourth-order valence-electron chi connectivity index (χ4n) is 2.94. The lowest BCUT2D eigenvalue weighted by molar-refractivity contribution is -0.111. The van der Waals surface area contributed by atoms with Crippen LogP contribution in [0.15, 0.2) is 91.5 Å². The Balaban J connectivity index is 1.48. The van der Waals surface area contributed by atoms with Gasteiger partial charge in [0.05, 0.1) is 15.9 Å². The number of hydrogen-bond acceptors (Lipinski definition) is 4. The number of hydrogen-bond donors (Lipinski definition) is 1. The van der Waals surface area contributed by atoms with E-state index < -0.39 is 0 Å². The van der Waals surface area contributed by atoms with Crippen LogP contribution >= 0.6 is 11.3 Å².